The van der Waals surface area contributed by atoms with Gasteiger partial charge in [-0.05, 0) is 37.5 Å². The summed E-state index contributed by atoms with van der Waals surface area (Å²) < 4.78 is 5.02. The van der Waals surface area contributed by atoms with Gasteiger partial charge in [-0.2, -0.15) is 0 Å². The molecule has 0 saturated carbocycles. The Bertz CT molecular complexity index is 572. The average Bonchev–Trinajstić information content (AvgIpc) is 2.49. The number of ether oxygens (including phenoxy) is 1. The molecule has 2 rings (SSSR count). The maximum absolute atomic E-state index is 11.8. The first-order valence-corrected chi connectivity index (χ1v) is 7.38. The summed E-state index contributed by atoms with van der Waals surface area (Å²) in [5, 5.41) is 3.39. The van der Waals surface area contributed by atoms with Gasteiger partial charge < -0.3 is 10.1 Å². The van der Waals surface area contributed by atoms with Gasteiger partial charge in [0.15, 0.2) is 6.61 Å². The van der Waals surface area contributed by atoms with Crippen molar-refractivity contribution in [2.75, 3.05) is 11.9 Å². The number of amides is 1. The van der Waals surface area contributed by atoms with Crippen LogP contribution in [0.15, 0.2) is 30.4 Å². The van der Waals surface area contributed by atoms with Crippen molar-refractivity contribution >= 4 is 40.8 Å². The van der Waals surface area contributed by atoms with Crippen molar-refractivity contribution in [2.24, 2.45) is 5.92 Å². The Kier molecular flexibility index (Phi) is 5.65. The minimum absolute atomic E-state index is 0.155. The predicted octanol–water partition coefficient (Wildman–Crippen LogP) is 3.83. The maximum Gasteiger partial charge on any atom is 0.309 e. The van der Waals surface area contributed by atoms with Gasteiger partial charge in [0.25, 0.3) is 5.91 Å². The van der Waals surface area contributed by atoms with Crippen LogP contribution in [0, 0.1) is 5.92 Å². The molecule has 1 N–H and O–H groups in total. The van der Waals surface area contributed by atoms with Crippen LogP contribution in [-0.4, -0.2) is 18.5 Å². The van der Waals surface area contributed by atoms with Crippen LogP contribution in [0.5, 0.6) is 0 Å². The number of carbonyl (C=O) groups excluding carboxylic acids is 2. The van der Waals surface area contributed by atoms with Crippen molar-refractivity contribution < 1.29 is 14.3 Å². The third kappa shape index (κ3) is 4.76. The topological polar surface area (TPSA) is 55.4 Å². The van der Waals surface area contributed by atoms with E-state index in [0.29, 0.717) is 22.2 Å². The van der Waals surface area contributed by atoms with Crippen LogP contribution in [0.2, 0.25) is 10.0 Å². The standard InChI is InChI=1S/C15H15Cl2NO3/c16-11-6-7-12(17)13(8-11)18-14(19)9-21-15(20)10-4-2-1-3-5-10/h1-2,6-8,10H,3-5,9H2,(H,18,19)/t10-/m0/s1. The van der Waals surface area contributed by atoms with E-state index in [1.807, 2.05) is 12.2 Å². The molecule has 0 radical (unpaired) electrons. The molecule has 1 aromatic carbocycles. The molecule has 0 aromatic heterocycles. The highest BCUT2D eigenvalue weighted by Gasteiger charge is 2.21. The summed E-state index contributed by atoms with van der Waals surface area (Å²) in [4.78, 5) is 23.6. The zero-order valence-corrected chi connectivity index (χ0v) is 12.8. The first kappa shape index (κ1) is 15.9. The minimum atomic E-state index is -0.445. The highest BCUT2D eigenvalue weighted by atomic mass is 35.5. The molecule has 1 aromatic rings. The molecule has 0 aliphatic heterocycles. The Morgan fingerprint density at radius 1 is 1.29 bits per heavy atom. The van der Waals surface area contributed by atoms with E-state index in [-0.39, 0.29) is 18.5 Å². The number of hydrogen-bond acceptors (Lipinski definition) is 3. The Balaban J connectivity index is 1.83. The number of hydrogen-bond donors (Lipinski definition) is 1. The molecule has 0 saturated heterocycles. The Morgan fingerprint density at radius 3 is 2.81 bits per heavy atom. The summed E-state index contributed by atoms with van der Waals surface area (Å²) in [5.41, 5.74) is 0.394. The van der Waals surface area contributed by atoms with Gasteiger partial charge >= 0.3 is 5.97 Å². The number of benzene rings is 1. The third-order valence-corrected chi connectivity index (χ3v) is 3.72. The van der Waals surface area contributed by atoms with Crippen molar-refractivity contribution in [2.45, 2.75) is 19.3 Å². The summed E-state index contributed by atoms with van der Waals surface area (Å²) >= 11 is 11.8. The van der Waals surface area contributed by atoms with Crippen LogP contribution in [0.3, 0.4) is 0 Å². The van der Waals surface area contributed by atoms with E-state index in [4.69, 9.17) is 27.9 Å². The van der Waals surface area contributed by atoms with Gasteiger partial charge in [0.2, 0.25) is 0 Å². The van der Waals surface area contributed by atoms with Gasteiger partial charge in [0.1, 0.15) is 0 Å². The van der Waals surface area contributed by atoms with E-state index in [1.165, 1.54) is 6.07 Å². The second kappa shape index (κ2) is 7.48. The molecular formula is C15H15Cl2NO3. The van der Waals surface area contributed by atoms with Gasteiger partial charge in [-0.15, -0.1) is 0 Å². The summed E-state index contributed by atoms with van der Waals surface area (Å²) in [6.45, 7) is -0.331. The molecule has 0 bridgehead atoms. The number of anilines is 1. The zero-order valence-electron chi connectivity index (χ0n) is 11.3. The van der Waals surface area contributed by atoms with E-state index in [0.717, 1.165) is 12.8 Å². The fourth-order valence-corrected chi connectivity index (χ4v) is 2.38. The van der Waals surface area contributed by atoms with Gasteiger partial charge in [-0.3, -0.25) is 9.59 Å². The largest absolute Gasteiger partial charge is 0.455 e. The molecule has 0 spiro atoms. The van der Waals surface area contributed by atoms with Gasteiger partial charge in [-0.25, -0.2) is 0 Å². The first-order valence-electron chi connectivity index (χ1n) is 6.63. The summed E-state index contributed by atoms with van der Waals surface area (Å²) in [6.07, 6.45) is 6.29. The lowest BCUT2D eigenvalue weighted by molar-refractivity contribution is -0.151. The Labute approximate surface area is 133 Å². The minimum Gasteiger partial charge on any atom is -0.455 e. The second-order valence-electron chi connectivity index (χ2n) is 4.76. The lowest BCUT2D eigenvalue weighted by Crippen LogP contribution is -2.25. The van der Waals surface area contributed by atoms with E-state index in [9.17, 15) is 9.59 Å². The van der Waals surface area contributed by atoms with Crippen LogP contribution >= 0.6 is 23.2 Å². The molecule has 0 fully saturated rings. The van der Waals surface area contributed by atoms with Crippen LogP contribution in [-0.2, 0) is 14.3 Å². The zero-order chi connectivity index (χ0) is 15.2. The number of nitrogens with one attached hydrogen (secondary N) is 1. The highest BCUT2D eigenvalue weighted by Crippen LogP contribution is 2.25. The third-order valence-electron chi connectivity index (χ3n) is 3.15. The van der Waals surface area contributed by atoms with Gasteiger partial charge in [0.05, 0.1) is 16.6 Å². The van der Waals surface area contributed by atoms with Crippen LogP contribution in [0.1, 0.15) is 19.3 Å². The van der Waals surface area contributed by atoms with Gasteiger partial charge in [-0.1, -0.05) is 35.4 Å². The molecule has 6 heteroatoms. The fourth-order valence-electron chi connectivity index (χ4n) is 2.04. The Morgan fingerprint density at radius 2 is 2.10 bits per heavy atom. The lowest BCUT2D eigenvalue weighted by Gasteiger charge is -2.16. The molecular weight excluding hydrogens is 313 g/mol. The first-order chi connectivity index (χ1) is 10.1. The quantitative estimate of drug-likeness (QED) is 0.675. The summed E-state index contributed by atoms with van der Waals surface area (Å²) in [5.74, 6) is -0.942. The molecule has 1 aliphatic rings. The number of halogens is 2. The van der Waals surface area contributed by atoms with Crippen LogP contribution in [0.4, 0.5) is 5.69 Å². The van der Waals surface area contributed by atoms with Crippen molar-refractivity contribution in [3.05, 3.63) is 40.4 Å². The van der Waals surface area contributed by atoms with Crippen LogP contribution in [0.25, 0.3) is 0 Å². The molecule has 1 amide bonds. The average molecular weight is 328 g/mol. The molecule has 1 atom stereocenters. The van der Waals surface area contributed by atoms with Gasteiger partial charge in [0, 0.05) is 5.02 Å². The van der Waals surface area contributed by atoms with Crippen LogP contribution < -0.4 is 5.32 Å². The molecule has 0 heterocycles. The molecule has 0 unspecified atom stereocenters. The van der Waals surface area contributed by atoms with Crippen molar-refractivity contribution in [3.8, 4) is 0 Å². The molecule has 112 valence electrons. The smallest absolute Gasteiger partial charge is 0.309 e. The lowest BCUT2D eigenvalue weighted by atomic mass is 9.95. The summed E-state index contributed by atoms with van der Waals surface area (Å²) in [6, 6.07) is 4.74. The number of allylic oxidation sites excluding steroid dienone is 2. The number of carbonyl (C=O) groups is 2. The fraction of sp³-hybridized carbons (Fsp3) is 0.333. The van der Waals surface area contributed by atoms with E-state index >= 15 is 0 Å². The second-order valence-corrected chi connectivity index (χ2v) is 5.61. The molecule has 1 aliphatic carbocycles. The SMILES string of the molecule is O=C(COC(=O)[C@H]1CC=CCC1)Nc1cc(Cl)ccc1Cl. The Hall–Kier alpha value is -1.52. The maximum atomic E-state index is 11.8. The predicted molar refractivity (Wildman–Crippen MR) is 82.5 cm³/mol. The van der Waals surface area contributed by atoms with E-state index < -0.39 is 5.91 Å². The summed E-state index contributed by atoms with van der Waals surface area (Å²) in [7, 11) is 0. The number of esters is 1. The van der Waals surface area contributed by atoms with E-state index in [2.05, 4.69) is 5.32 Å². The number of rotatable bonds is 4. The highest BCUT2D eigenvalue weighted by molar-refractivity contribution is 6.35. The molecule has 4 nitrogen and oxygen atoms in total. The molecule has 21 heavy (non-hydrogen) atoms. The van der Waals surface area contributed by atoms with Crippen molar-refractivity contribution in [1.82, 2.24) is 0 Å². The van der Waals surface area contributed by atoms with E-state index in [1.54, 1.807) is 12.1 Å². The van der Waals surface area contributed by atoms with Crippen molar-refractivity contribution in [1.29, 1.82) is 0 Å². The normalized spacial score (nSPS) is 17.3. The monoisotopic (exact) mass is 327 g/mol. The van der Waals surface area contributed by atoms with Crippen molar-refractivity contribution in [3.63, 3.8) is 0 Å².